The number of ether oxygens (including phenoxy) is 2. The van der Waals surface area contributed by atoms with Crippen LogP contribution in [0.4, 0.5) is 0 Å². The molecule has 2 aromatic rings. The molecule has 4 rings (SSSR count). The molecule has 0 bridgehead atoms. The van der Waals surface area contributed by atoms with Crippen molar-refractivity contribution in [2.24, 2.45) is 5.92 Å². The highest BCUT2D eigenvalue weighted by Gasteiger charge is 2.32. The lowest BCUT2D eigenvalue weighted by atomic mass is 10.1. The highest BCUT2D eigenvalue weighted by atomic mass is 35.5. The van der Waals surface area contributed by atoms with Crippen molar-refractivity contribution >= 4 is 29.4 Å². The smallest absolute Gasteiger partial charge is 0.314 e. The number of esters is 1. The lowest BCUT2D eigenvalue weighted by molar-refractivity contribution is -0.135. The molecule has 0 amide bonds. The van der Waals surface area contributed by atoms with E-state index in [1.165, 1.54) is 0 Å². The van der Waals surface area contributed by atoms with Crippen LogP contribution in [0.5, 0.6) is 11.5 Å². The van der Waals surface area contributed by atoms with E-state index in [0.29, 0.717) is 27.6 Å². The maximum absolute atomic E-state index is 12.4. The monoisotopic (exact) mass is 340 g/mol. The third-order valence-electron chi connectivity index (χ3n) is 3.96. The van der Waals surface area contributed by atoms with Gasteiger partial charge in [-0.05, 0) is 42.7 Å². The minimum absolute atomic E-state index is 0.0106. The quantitative estimate of drug-likeness (QED) is 0.475. The normalized spacial score (nSPS) is 17.5. The summed E-state index contributed by atoms with van der Waals surface area (Å²) in [4.78, 5) is 24.1. The number of allylic oxidation sites excluding steroid dienone is 1. The molecule has 0 radical (unpaired) electrons. The van der Waals surface area contributed by atoms with E-state index >= 15 is 0 Å². The summed E-state index contributed by atoms with van der Waals surface area (Å²) in [6.45, 7) is 0. The standard InChI is InChI=1S/C19H13ClO4/c20-15-4-2-1-3-12(15)9-17-18(21)14-8-7-13(10-16(14)24-17)23-19(22)11-5-6-11/h1-4,7-11H,5-6H2/b17-9-. The Hall–Kier alpha value is -2.59. The summed E-state index contributed by atoms with van der Waals surface area (Å²) in [7, 11) is 0. The van der Waals surface area contributed by atoms with Crippen molar-refractivity contribution < 1.29 is 19.1 Å². The molecule has 0 unspecified atom stereocenters. The van der Waals surface area contributed by atoms with Crippen molar-refractivity contribution in [3.8, 4) is 11.5 Å². The molecule has 0 aromatic heterocycles. The number of halogens is 1. The summed E-state index contributed by atoms with van der Waals surface area (Å²) in [5.41, 5.74) is 1.15. The SMILES string of the molecule is O=C1/C(=C/c2ccccc2Cl)Oc2cc(OC(=O)C3CC3)ccc21. The summed E-state index contributed by atoms with van der Waals surface area (Å²) in [6.07, 6.45) is 3.37. The average molecular weight is 341 g/mol. The summed E-state index contributed by atoms with van der Waals surface area (Å²) in [5, 5.41) is 0.538. The van der Waals surface area contributed by atoms with Crippen molar-refractivity contribution in [1.82, 2.24) is 0 Å². The molecule has 1 fully saturated rings. The molecule has 1 heterocycles. The summed E-state index contributed by atoms with van der Waals surface area (Å²) >= 11 is 6.11. The van der Waals surface area contributed by atoms with Crippen LogP contribution in [0.1, 0.15) is 28.8 Å². The van der Waals surface area contributed by atoms with Gasteiger partial charge in [-0.15, -0.1) is 0 Å². The number of Topliss-reactive ketones (excluding diaryl/α,β-unsaturated/α-hetero) is 1. The molecular weight excluding hydrogens is 328 g/mol. The summed E-state index contributed by atoms with van der Waals surface area (Å²) in [6, 6.07) is 12.0. The highest BCUT2D eigenvalue weighted by molar-refractivity contribution is 6.32. The Labute approximate surface area is 143 Å². The number of fused-ring (bicyclic) bond motifs is 1. The van der Waals surface area contributed by atoms with Gasteiger partial charge in [-0.3, -0.25) is 9.59 Å². The molecule has 0 atom stereocenters. The van der Waals surface area contributed by atoms with Gasteiger partial charge in [-0.2, -0.15) is 0 Å². The Balaban J connectivity index is 1.60. The van der Waals surface area contributed by atoms with Gasteiger partial charge in [0.15, 0.2) is 5.76 Å². The first kappa shape index (κ1) is 15.0. The molecule has 5 heteroatoms. The second kappa shape index (κ2) is 5.80. The molecule has 120 valence electrons. The van der Waals surface area contributed by atoms with Gasteiger partial charge in [0, 0.05) is 11.1 Å². The van der Waals surface area contributed by atoms with Crippen molar-refractivity contribution in [2.45, 2.75) is 12.8 Å². The maximum Gasteiger partial charge on any atom is 0.314 e. The summed E-state index contributed by atoms with van der Waals surface area (Å²) in [5.74, 6) is 0.535. The van der Waals surface area contributed by atoms with E-state index in [4.69, 9.17) is 21.1 Å². The first-order chi connectivity index (χ1) is 11.6. The van der Waals surface area contributed by atoms with Crippen molar-refractivity contribution in [3.05, 3.63) is 64.4 Å². The Bertz CT molecular complexity index is 881. The highest BCUT2D eigenvalue weighted by Crippen LogP contribution is 2.36. The molecule has 0 saturated heterocycles. The van der Waals surface area contributed by atoms with Crippen LogP contribution in [0.2, 0.25) is 5.02 Å². The van der Waals surface area contributed by atoms with Crippen molar-refractivity contribution in [2.75, 3.05) is 0 Å². The molecule has 24 heavy (non-hydrogen) atoms. The molecule has 1 aliphatic carbocycles. The predicted molar refractivity (Wildman–Crippen MR) is 89.2 cm³/mol. The minimum atomic E-state index is -0.230. The minimum Gasteiger partial charge on any atom is -0.452 e. The van der Waals surface area contributed by atoms with Crippen LogP contribution in [0, 0.1) is 5.92 Å². The Morgan fingerprint density at radius 1 is 1.21 bits per heavy atom. The Kier molecular flexibility index (Phi) is 3.62. The average Bonchev–Trinajstić information content (AvgIpc) is 3.37. The molecular formula is C19H13ClO4. The first-order valence-electron chi connectivity index (χ1n) is 7.66. The van der Waals surface area contributed by atoms with Crippen LogP contribution in [0.15, 0.2) is 48.2 Å². The van der Waals surface area contributed by atoms with E-state index in [-0.39, 0.29) is 23.4 Å². The number of carbonyl (C=O) groups is 2. The van der Waals surface area contributed by atoms with E-state index in [0.717, 1.165) is 12.8 Å². The van der Waals surface area contributed by atoms with Gasteiger partial charge in [0.1, 0.15) is 11.5 Å². The van der Waals surface area contributed by atoms with E-state index in [1.807, 2.05) is 12.1 Å². The fourth-order valence-electron chi connectivity index (χ4n) is 2.48. The van der Waals surface area contributed by atoms with Gasteiger partial charge in [0.2, 0.25) is 5.78 Å². The van der Waals surface area contributed by atoms with Crippen molar-refractivity contribution in [3.63, 3.8) is 0 Å². The second-order valence-electron chi connectivity index (χ2n) is 5.81. The molecule has 0 N–H and O–H groups in total. The van der Waals surface area contributed by atoms with Crippen LogP contribution in [0.3, 0.4) is 0 Å². The number of hydrogen-bond acceptors (Lipinski definition) is 4. The van der Waals surface area contributed by atoms with Crippen LogP contribution in [-0.4, -0.2) is 11.8 Å². The second-order valence-corrected chi connectivity index (χ2v) is 6.22. The van der Waals surface area contributed by atoms with Gasteiger partial charge in [0.25, 0.3) is 0 Å². The van der Waals surface area contributed by atoms with Crippen molar-refractivity contribution in [1.29, 1.82) is 0 Å². The van der Waals surface area contributed by atoms with E-state index < -0.39 is 0 Å². The molecule has 2 aromatic carbocycles. The number of benzene rings is 2. The van der Waals surface area contributed by atoms with E-state index in [9.17, 15) is 9.59 Å². The zero-order valence-electron chi connectivity index (χ0n) is 12.6. The molecule has 0 spiro atoms. The van der Waals surface area contributed by atoms with Gasteiger partial charge < -0.3 is 9.47 Å². The van der Waals surface area contributed by atoms with Crippen LogP contribution in [0.25, 0.3) is 6.08 Å². The number of ketones is 1. The lowest BCUT2D eigenvalue weighted by Gasteiger charge is -2.04. The Morgan fingerprint density at radius 2 is 2.00 bits per heavy atom. The van der Waals surface area contributed by atoms with Crippen LogP contribution in [-0.2, 0) is 4.79 Å². The first-order valence-corrected chi connectivity index (χ1v) is 8.04. The zero-order valence-corrected chi connectivity index (χ0v) is 13.4. The zero-order chi connectivity index (χ0) is 16.7. The third kappa shape index (κ3) is 2.81. The van der Waals surface area contributed by atoms with Gasteiger partial charge in [-0.25, -0.2) is 0 Å². The third-order valence-corrected chi connectivity index (χ3v) is 4.31. The van der Waals surface area contributed by atoms with E-state index in [1.54, 1.807) is 36.4 Å². The summed E-state index contributed by atoms with van der Waals surface area (Å²) < 4.78 is 10.9. The number of rotatable bonds is 3. The fraction of sp³-hybridized carbons (Fsp3) is 0.158. The maximum atomic E-state index is 12.4. The van der Waals surface area contributed by atoms with Gasteiger partial charge in [-0.1, -0.05) is 29.8 Å². The molecule has 1 saturated carbocycles. The number of hydrogen-bond donors (Lipinski definition) is 0. The van der Waals surface area contributed by atoms with Crippen LogP contribution >= 0.6 is 11.6 Å². The van der Waals surface area contributed by atoms with E-state index in [2.05, 4.69) is 0 Å². The lowest BCUT2D eigenvalue weighted by Crippen LogP contribution is -2.09. The van der Waals surface area contributed by atoms with Crippen LogP contribution < -0.4 is 9.47 Å². The largest absolute Gasteiger partial charge is 0.452 e. The van der Waals surface area contributed by atoms with Gasteiger partial charge in [0.05, 0.1) is 11.5 Å². The molecule has 1 aliphatic heterocycles. The molecule has 2 aliphatic rings. The predicted octanol–water partition coefficient (Wildman–Crippen LogP) is 4.27. The van der Waals surface area contributed by atoms with Gasteiger partial charge >= 0.3 is 5.97 Å². The topological polar surface area (TPSA) is 52.6 Å². The fourth-order valence-corrected chi connectivity index (χ4v) is 2.67. The number of carbonyl (C=O) groups excluding carboxylic acids is 2. The Morgan fingerprint density at radius 3 is 2.75 bits per heavy atom. The molecule has 4 nitrogen and oxygen atoms in total.